The Bertz CT molecular complexity index is 81.1. The van der Waals surface area contributed by atoms with Gasteiger partial charge in [-0.05, 0) is 25.4 Å². The summed E-state index contributed by atoms with van der Waals surface area (Å²) in [6, 6.07) is 0. The maximum absolute atomic E-state index is 2.43. The van der Waals surface area contributed by atoms with E-state index in [9.17, 15) is 0 Å². The van der Waals surface area contributed by atoms with Gasteiger partial charge in [0, 0.05) is 0 Å². The van der Waals surface area contributed by atoms with E-state index in [-0.39, 0.29) is 0 Å². The Hall–Kier alpha value is 0.430. The van der Waals surface area contributed by atoms with Crippen molar-refractivity contribution in [1.29, 1.82) is 0 Å². The van der Waals surface area contributed by atoms with Crippen molar-refractivity contribution in [3.8, 4) is 0 Å². The van der Waals surface area contributed by atoms with Crippen molar-refractivity contribution in [3.05, 3.63) is 0 Å². The molecular formula is C11H25P. The molecule has 0 aliphatic heterocycles. The first-order valence-corrected chi connectivity index (χ1v) is 7.65. The summed E-state index contributed by atoms with van der Waals surface area (Å²) < 4.78 is 0. The van der Waals surface area contributed by atoms with Crippen molar-refractivity contribution in [2.24, 2.45) is 0 Å². The highest BCUT2D eigenvalue weighted by molar-refractivity contribution is 7.56. The Morgan fingerprint density at radius 3 is 2.00 bits per heavy atom. The van der Waals surface area contributed by atoms with Gasteiger partial charge >= 0.3 is 0 Å². The van der Waals surface area contributed by atoms with Gasteiger partial charge in [-0.25, -0.2) is 0 Å². The zero-order chi connectivity index (χ0) is 9.23. The van der Waals surface area contributed by atoms with Crippen LogP contribution in [-0.4, -0.2) is 19.0 Å². The van der Waals surface area contributed by atoms with Crippen LogP contribution in [0.15, 0.2) is 0 Å². The molecule has 0 heterocycles. The third kappa shape index (κ3) is 8.53. The lowest BCUT2D eigenvalue weighted by molar-refractivity contribution is 0.626. The first-order chi connectivity index (χ1) is 5.81. The highest BCUT2D eigenvalue weighted by atomic mass is 31.1. The molecule has 0 rings (SSSR count). The molecule has 0 radical (unpaired) electrons. The summed E-state index contributed by atoms with van der Waals surface area (Å²) in [6.45, 7) is 7.03. The molecule has 0 N–H and O–H groups in total. The topological polar surface area (TPSA) is 0 Å². The Morgan fingerprint density at radius 2 is 1.42 bits per heavy atom. The van der Waals surface area contributed by atoms with Crippen LogP contribution >= 0.6 is 7.92 Å². The molecule has 0 saturated heterocycles. The molecule has 0 aromatic heterocycles. The van der Waals surface area contributed by atoms with E-state index in [2.05, 4.69) is 20.5 Å². The SMILES string of the molecule is CCCCCCCCP(C)CC. The molecule has 1 unspecified atom stereocenters. The molecule has 0 nitrogen and oxygen atoms in total. The molecule has 0 aromatic carbocycles. The fraction of sp³-hybridized carbons (Fsp3) is 1.00. The Balaban J connectivity index is 2.90. The van der Waals surface area contributed by atoms with Gasteiger partial charge in [0.15, 0.2) is 0 Å². The molecular weight excluding hydrogens is 163 g/mol. The lowest BCUT2D eigenvalue weighted by atomic mass is 10.1. The van der Waals surface area contributed by atoms with Crippen molar-refractivity contribution >= 4 is 7.92 Å². The number of hydrogen-bond donors (Lipinski definition) is 0. The minimum absolute atomic E-state index is 0.397. The van der Waals surface area contributed by atoms with E-state index < -0.39 is 0 Å². The van der Waals surface area contributed by atoms with Gasteiger partial charge in [0.1, 0.15) is 0 Å². The van der Waals surface area contributed by atoms with Crippen LogP contribution in [0.1, 0.15) is 52.4 Å². The molecule has 12 heavy (non-hydrogen) atoms. The van der Waals surface area contributed by atoms with E-state index in [0.29, 0.717) is 7.92 Å². The van der Waals surface area contributed by atoms with E-state index in [0.717, 1.165) is 0 Å². The lowest BCUT2D eigenvalue weighted by Crippen LogP contribution is -1.86. The average Bonchev–Trinajstić information content (AvgIpc) is 2.10. The quantitative estimate of drug-likeness (QED) is 0.389. The van der Waals surface area contributed by atoms with Gasteiger partial charge < -0.3 is 0 Å². The van der Waals surface area contributed by atoms with Gasteiger partial charge in [0.25, 0.3) is 0 Å². The van der Waals surface area contributed by atoms with E-state index in [4.69, 9.17) is 0 Å². The smallest absolute Gasteiger partial charge is 0.0328 e. The van der Waals surface area contributed by atoms with Crippen LogP contribution in [0.5, 0.6) is 0 Å². The zero-order valence-corrected chi connectivity index (χ0v) is 10.00. The van der Waals surface area contributed by atoms with Gasteiger partial charge in [-0.15, -0.1) is 7.92 Å². The van der Waals surface area contributed by atoms with Crippen LogP contribution in [0.25, 0.3) is 0 Å². The Morgan fingerprint density at radius 1 is 0.833 bits per heavy atom. The summed E-state index contributed by atoms with van der Waals surface area (Å²) in [5, 5.41) is 0. The minimum Gasteiger partial charge on any atom is -0.110 e. The summed E-state index contributed by atoms with van der Waals surface area (Å²) >= 11 is 0. The van der Waals surface area contributed by atoms with Crippen LogP contribution in [0.4, 0.5) is 0 Å². The Labute approximate surface area is 79.9 Å². The maximum atomic E-state index is 2.43. The second-order valence-electron chi connectivity index (χ2n) is 3.66. The van der Waals surface area contributed by atoms with Crippen LogP contribution in [0.2, 0.25) is 0 Å². The van der Waals surface area contributed by atoms with E-state index in [1.807, 2.05) is 0 Å². The lowest BCUT2D eigenvalue weighted by Gasteiger charge is -2.07. The number of unbranched alkanes of at least 4 members (excludes halogenated alkanes) is 5. The van der Waals surface area contributed by atoms with Crippen molar-refractivity contribution in [3.63, 3.8) is 0 Å². The maximum Gasteiger partial charge on any atom is -0.0328 e. The third-order valence-electron chi connectivity index (χ3n) is 2.43. The summed E-state index contributed by atoms with van der Waals surface area (Å²) in [7, 11) is 0.397. The zero-order valence-electron chi connectivity index (χ0n) is 9.10. The molecule has 1 atom stereocenters. The van der Waals surface area contributed by atoms with Gasteiger partial charge in [-0.3, -0.25) is 0 Å². The molecule has 0 aromatic rings. The number of hydrogen-bond acceptors (Lipinski definition) is 0. The molecule has 0 bridgehead atoms. The highest BCUT2D eigenvalue weighted by Gasteiger charge is 1.96. The standard InChI is InChI=1S/C11H25P/c1-4-6-7-8-9-10-11-12(3)5-2/h4-11H2,1-3H3. The summed E-state index contributed by atoms with van der Waals surface area (Å²) in [5.41, 5.74) is 0. The first-order valence-electron chi connectivity index (χ1n) is 5.49. The predicted molar refractivity (Wildman–Crippen MR) is 61.6 cm³/mol. The highest BCUT2D eigenvalue weighted by Crippen LogP contribution is 2.30. The molecule has 0 aliphatic carbocycles. The van der Waals surface area contributed by atoms with E-state index in [1.54, 1.807) is 0 Å². The fourth-order valence-electron chi connectivity index (χ4n) is 1.32. The molecule has 0 aliphatic rings. The normalized spacial score (nSPS) is 13.2. The molecule has 0 amide bonds. The summed E-state index contributed by atoms with van der Waals surface area (Å²) in [6.07, 6.45) is 11.6. The fourth-order valence-corrected chi connectivity index (χ4v) is 2.40. The molecule has 0 fully saturated rings. The number of rotatable bonds is 8. The molecule has 74 valence electrons. The van der Waals surface area contributed by atoms with Crippen LogP contribution in [0, 0.1) is 0 Å². The van der Waals surface area contributed by atoms with E-state index >= 15 is 0 Å². The van der Waals surface area contributed by atoms with E-state index in [1.165, 1.54) is 50.8 Å². The van der Waals surface area contributed by atoms with Crippen molar-refractivity contribution in [2.45, 2.75) is 52.4 Å². The minimum atomic E-state index is 0.397. The van der Waals surface area contributed by atoms with Crippen LogP contribution in [0.3, 0.4) is 0 Å². The first kappa shape index (κ1) is 12.4. The van der Waals surface area contributed by atoms with Gasteiger partial charge in [0.05, 0.1) is 0 Å². The predicted octanol–water partition coefficient (Wildman–Crippen LogP) is 4.48. The Kier molecular flexibility index (Phi) is 9.86. The van der Waals surface area contributed by atoms with Gasteiger partial charge in [-0.2, -0.15) is 0 Å². The van der Waals surface area contributed by atoms with Crippen molar-refractivity contribution in [1.82, 2.24) is 0 Å². The molecule has 0 spiro atoms. The van der Waals surface area contributed by atoms with Crippen molar-refractivity contribution < 1.29 is 0 Å². The third-order valence-corrected chi connectivity index (χ3v) is 4.59. The van der Waals surface area contributed by atoms with Gasteiger partial charge in [-0.1, -0.05) is 46.0 Å². The largest absolute Gasteiger partial charge is 0.110 e. The second-order valence-corrected chi connectivity index (χ2v) is 6.46. The second kappa shape index (κ2) is 9.52. The monoisotopic (exact) mass is 188 g/mol. The average molecular weight is 188 g/mol. The molecule has 0 saturated carbocycles. The van der Waals surface area contributed by atoms with Crippen molar-refractivity contribution in [2.75, 3.05) is 19.0 Å². The van der Waals surface area contributed by atoms with Crippen LogP contribution < -0.4 is 0 Å². The van der Waals surface area contributed by atoms with Crippen LogP contribution in [-0.2, 0) is 0 Å². The van der Waals surface area contributed by atoms with Gasteiger partial charge in [0.2, 0.25) is 0 Å². The summed E-state index contributed by atoms with van der Waals surface area (Å²) in [5.74, 6) is 0. The summed E-state index contributed by atoms with van der Waals surface area (Å²) in [4.78, 5) is 0. The molecule has 1 heteroatoms.